The molecule has 0 N–H and O–H groups in total. The van der Waals surface area contributed by atoms with Crippen LogP contribution in [0.1, 0.15) is 71.6 Å². The van der Waals surface area contributed by atoms with E-state index in [0.29, 0.717) is 24.4 Å². The highest BCUT2D eigenvalue weighted by Gasteiger charge is 2.40. The normalized spacial score (nSPS) is 40.6. The summed E-state index contributed by atoms with van der Waals surface area (Å²) in [6.07, 6.45) is 15.0. The lowest BCUT2D eigenvalue weighted by molar-refractivity contribution is 0.372. The summed E-state index contributed by atoms with van der Waals surface area (Å²) >= 11 is 0. The molecular weight excluding hydrogens is 212 g/mol. The lowest BCUT2D eigenvalue weighted by Gasteiger charge is -2.00. The van der Waals surface area contributed by atoms with Crippen LogP contribution in [-0.4, -0.2) is 24.4 Å². The second-order valence-corrected chi connectivity index (χ2v) is 5.70. The van der Waals surface area contributed by atoms with Gasteiger partial charge in [0, 0.05) is 0 Å². The molecule has 2 aliphatic heterocycles. The Labute approximate surface area is 106 Å². The first-order valence-corrected chi connectivity index (χ1v) is 7.66. The van der Waals surface area contributed by atoms with Gasteiger partial charge in [-0.25, -0.2) is 0 Å². The predicted octanol–water partition coefficient (Wildman–Crippen LogP) is 4.07. The Morgan fingerprint density at radius 3 is 1.06 bits per heavy atom. The number of epoxide rings is 2. The van der Waals surface area contributed by atoms with Crippen molar-refractivity contribution >= 4 is 0 Å². The molecule has 4 unspecified atom stereocenters. The van der Waals surface area contributed by atoms with E-state index >= 15 is 0 Å². The predicted molar refractivity (Wildman–Crippen MR) is 70.2 cm³/mol. The molecule has 17 heavy (non-hydrogen) atoms. The lowest BCUT2D eigenvalue weighted by atomic mass is 10.0. The van der Waals surface area contributed by atoms with E-state index in [1.54, 1.807) is 0 Å². The first kappa shape index (κ1) is 13.4. The molecule has 4 aliphatic rings. The van der Waals surface area contributed by atoms with Gasteiger partial charge < -0.3 is 9.47 Å². The van der Waals surface area contributed by atoms with E-state index in [-0.39, 0.29) is 0 Å². The van der Waals surface area contributed by atoms with E-state index < -0.39 is 0 Å². The van der Waals surface area contributed by atoms with Crippen molar-refractivity contribution in [3.05, 3.63) is 0 Å². The van der Waals surface area contributed by atoms with Gasteiger partial charge in [0.05, 0.1) is 24.4 Å². The van der Waals surface area contributed by atoms with Crippen molar-refractivity contribution in [2.75, 3.05) is 0 Å². The third-order valence-electron chi connectivity index (χ3n) is 3.83. The standard InChI is InChI=1S/2C6H10O.C3H8/c2*1-2-4-6-5(3-1)7-6;1-3-2/h2*5-6H,1-4H2;3H2,1-2H3. The molecule has 2 aliphatic carbocycles. The van der Waals surface area contributed by atoms with Gasteiger partial charge in [0.2, 0.25) is 0 Å². The van der Waals surface area contributed by atoms with Gasteiger partial charge in [-0.15, -0.1) is 0 Å². The van der Waals surface area contributed by atoms with Crippen LogP contribution in [0.4, 0.5) is 0 Å². The minimum Gasteiger partial charge on any atom is -0.370 e. The highest BCUT2D eigenvalue weighted by Crippen LogP contribution is 2.36. The maximum absolute atomic E-state index is 5.28. The molecule has 2 heterocycles. The van der Waals surface area contributed by atoms with Crippen molar-refractivity contribution in [1.82, 2.24) is 0 Å². The lowest BCUT2D eigenvalue weighted by Crippen LogP contribution is -2.00. The molecule has 2 saturated heterocycles. The van der Waals surface area contributed by atoms with E-state index in [2.05, 4.69) is 13.8 Å². The Bertz CT molecular complexity index is 175. The fourth-order valence-corrected chi connectivity index (χ4v) is 2.76. The second kappa shape index (κ2) is 6.75. The van der Waals surface area contributed by atoms with E-state index in [4.69, 9.17) is 9.47 Å². The van der Waals surface area contributed by atoms with Gasteiger partial charge in [0.25, 0.3) is 0 Å². The van der Waals surface area contributed by atoms with Gasteiger partial charge in [0.1, 0.15) is 0 Å². The Hall–Kier alpha value is -0.0800. The van der Waals surface area contributed by atoms with E-state index in [0.717, 1.165) is 0 Å². The molecule has 0 aromatic rings. The fraction of sp³-hybridized carbons (Fsp3) is 1.00. The van der Waals surface area contributed by atoms with Crippen molar-refractivity contribution in [3.63, 3.8) is 0 Å². The van der Waals surface area contributed by atoms with Crippen LogP contribution in [0.15, 0.2) is 0 Å². The molecule has 0 aromatic carbocycles. The molecule has 0 radical (unpaired) electrons. The summed E-state index contributed by atoms with van der Waals surface area (Å²) in [5.74, 6) is 0. The second-order valence-electron chi connectivity index (χ2n) is 5.70. The van der Waals surface area contributed by atoms with Crippen LogP contribution in [0.2, 0.25) is 0 Å². The summed E-state index contributed by atoms with van der Waals surface area (Å²) in [6.45, 7) is 4.25. The molecule has 0 aromatic heterocycles. The average Bonchev–Trinajstić information content (AvgIpc) is 3.25. The summed E-state index contributed by atoms with van der Waals surface area (Å²) < 4.78 is 10.6. The van der Waals surface area contributed by atoms with Crippen LogP contribution in [-0.2, 0) is 9.47 Å². The molecule has 0 spiro atoms. The highest BCUT2D eigenvalue weighted by atomic mass is 16.6. The molecule has 0 bridgehead atoms. The monoisotopic (exact) mass is 240 g/mol. The van der Waals surface area contributed by atoms with Crippen LogP contribution in [0, 0.1) is 0 Å². The number of hydrogen-bond donors (Lipinski definition) is 0. The zero-order valence-electron chi connectivity index (χ0n) is 11.5. The molecule has 4 rings (SSSR count). The molecule has 2 nitrogen and oxygen atoms in total. The largest absolute Gasteiger partial charge is 0.370 e. The van der Waals surface area contributed by atoms with Crippen LogP contribution in [0.5, 0.6) is 0 Å². The number of fused-ring (bicyclic) bond motifs is 2. The summed E-state index contributed by atoms with van der Waals surface area (Å²) in [6, 6.07) is 0. The first-order valence-electron chi connectivity index (χ1n) is 7.66. The fourth-order valence-electron chi connectivity index (χ4n) is 2.76. The van der Waals surface area contributed by atoms with Gasteiger partial charge in [-0.05, 0) is 25.7 Å². The summed E-state index contributed by atoms with van der Waals surface area (Å²) in [5.41, 5.74) is 0. The van der Waals surface area contributed by atoms with Crippen LogP contribution >= 0.6 is 0 Å². The smallest absolute Gasteiger partial charge is 0.0841 e. The zero-order chi connectivity index (χ0) is 12.1. The third kappa shape index (κ3) is 4.59. The molecule has 4 fully saturated rings. The van der Waals surface area contributed by atoms with Crippen molar-refractivity contribution in [2.24, 2.45) is 0 Å². The summed E-state index contributed by atoms with van der Waals surface area (Å²) in [4.78, 5) is 0. The quantitative estimate of drug-likeness (QED) is 0.596. The SMILES string of the molecule is C1CCC2OC2C1.C1CCC2OC2C1.CCC. The van der Waals surface area contributed by atoms with E-state index in [1.165, 1.54) is 57.8 Å². The Morgan fingerprint density at radius 2 is 0.882 bits per heavy atom. The van der Waals surface area contributed by atoms with Crippen molar-refractivity contribution < 1.29 is 9.47 Å². The molecule has 100 valence electrons. The van der Waals surface area contributed by atoms with E-state index in [9.17, 15) is 0 Å². The molecule has 0 amide bonds. The maximum atomic E-state index is 5.28. The van der Waals surface area contributed by atoms with Crippen molar-refractivity contribution in [1.29, 1.82) is 0 Å². The Balaban J connectivity index is 0.000000105. The molecular formula is C15H28O2. The molecule has 2 heteroatoms. The van der Waals surface area contributed by atoms with Crippen molar-refractivity contribution in [2.45, 2.75) is 96.1 Å². The van der Waals surface area contributed by atoms with Gasteiger partial charge in [-0.1, -0.05) is 46.0 Å². The van der Waals surface area contributed by atoms with E-state index in [1.807, 2.05) is 0 Å². The first-order chi connectivity index (χ1) is 8.35. The Kier molecular flexibility index (Phi) is 5.30. The topological polar surface area (TPSA) is 25.1 Å². The summed E-state index contributed by atoms with van der Waals surface area (Å²) in [7, 11) is 0. The number of ether oxygens (including phenoxy) is 2. The Morgan fingerprint density at radius 1 is 0.647 bits per heavy atom. The van der Waals surface area contributed by atoms with Crippen LogP contribution < -0.4 is 0 Å². The maximum Gasteiger partial charge on any atom is 0.0841 e. The number of rotatable bonds is 0. The summed E-state index contributed by atoms with van der Waals surface area (Å²) in [5, 5.41) is 0. The van der Waals surface area contributed by atoms with Gasteiger partial charge in [-0.3, -0.25) is 0 Å². The molecule has 4 atom stereocenters. The molecule has 2 saturated carbocycles. The van der Waals surface area contributed by atoms with Gasteiger partial charge in [0.15, 0.2) is 0 Å². The third-order valence-corrected chi connectivity index (χ3v) is 3.83. The van der Waals surface area contributed by atoms with Crippen molar-refractivity contribution in [3.8, 4) is 0 Å². The van der Waals surface area contributed by atoms with Crippen LogP contribution in [0.25, 0.3) is 0 Å². The average molecular weight is 240 g/mol. The van der Waals surface area contributed by atoms with Gasteiger partial charge >= 0.3 is 0 Å². The minimum absolute atomic E-state index is 0.703. The van der Waals surface area contributed by atoms with Gasteiger partial charge in [-0.2, -0.15) is 0 Å². The minimum atomic E-state index is 0.703. The highest BCUT2D eigenvalue weighted by molar-refractivity contribution is 4.88. The zero-order valence-corrected chi connectivity index (χ0v) is 11.5. The van der Waals surface area contributed by atoms with Crippen LogP contribution in [0.3, 0.4) is 0 Å². The number of hydrogen-bond acceptors (Lipinski definition) is 2.